The molecule has 0 fully saturated rings. The smallest absolute Gasteiger partial charge is 0.300 e. The van der Waals surface area contributed by atoms with Crippen LogP contribution in [0.4, 0.5) is 0 Å². The molecule has 0 amide bonds. The minimum atomic E-state index is -0.573. The van der Waals surface area contributed by atoms with E-state index in [0.717, 1.165) is 4.57 Å². The molecule has 1 aromatic rings. The summed E-state index contributed by atoms with van der Waals surface area (Å²) in [6.45, 7) is 5.33. The number of hydrogen-bond acceptors (Lipinski definition) is 4. The minimum Gasteiger partial charge on any atom is -0.300 e. The van der Waals surface area contributed by atoms with Crippen LogP contribution in [0, 0.1) is 16.7 Å². The van der Waals surface area contributed by atoms with E-state index in [9.17, 15) is 14.4 Å². The van der Waals surface area contributed by atoms with Gasteiger partial charge in [-0.25, -0.2) is 4.79 Å². The highest BCUT2D eigenvalue weighted by molar-refractivity contribution is 5.93. The Morgan fingerprint density at radius 3 is 2.50 bits per heavy atom. The molecular formula is C14H19N3O3. The fraction of sp³-hybridized carbons (Fsp3) is 0.571. The molecule has 6 nitrogen and oxygen atoms in total. The van der Waals surface area contributed by atoms with Crippen molar-refractivity contribution in [3.63, 3.8) is 0 Å². The third-order valence-electron chi connectivity index (χ3n) is 3.24. The van der Waals surface area contributed by atoms with E-state index < -0.39 is 16.7 Å². The first kappa shape index (κ1) is 15.9. The predicted octanol–water partition coefficient (Wildman–Crippen LogP) is 1.08. The Balaban J connectivity index is 3.03. The number of rotatable bonds is 5. The summed E-state index contributed by atoms with van der Waals surface area (Å²) in [6, 6.07) is 2.20. The van der Waals surface area contributed by atoms with E-state index in [1.807, 2.05) is 13.8 Å². The summed E-state index contributed by atoms with van der Waals surface area (Å²) >= 11 is 0. The zero-order chi connectivity index (χ0) is 15.5. The summed E-state index contributed by atoms with van der Waals surface area (Å²) in [4.78, 5) is 35.1. The molecule has 0 spiro atoms. The number of ketones is 1. The highest BCUT2D eigenvalue weighted by Gasteiger charge is 2.17. The Morgan fingerprint density at radius 2 is 2.00 bits per heavy atom. The third kappa shape index (κ3) is 3.44. The highest BCUT2D eigenvalue weighted by atomic mass is 16.2. The first-order chi connectivity index (χ1) is 9.19. The molecule has 1 aromatic heterocycles. The molecule has 6 heteroatoms. The fourth-order valence-electron chi connectivity index (χ4n) is 1.88. The van der Waals surface area contributed by atoms with Gasteiger partial charge in [0, 0.05) is 19.8 Å². The van der Waals surface area contributed by atoms with E-state index in [-0.39, 0.29) is 11.3 Å². The molecule has 108 valence electrons. The van der Waals surface area contributed by atoms with E-state index in [0.29, 0.717) is 19.4 Å². The molecule has 0 aliphatic carbocycles. The van der Waals surface area contributed by atoms with Gasteiger partial charge in [-0.1, -0.05) is 0 Å². The van der Waals surface area contributed by atoms with Gasteiger partial charge in [-0.2, -0.15) is 5.26 Å². The Bertz CT molecular complexity index is 674. The van der Waals surface area contributed by atoms with Crippen LogP contribution < -0.4 is 11.2 Å². The maximum absolute atomic E-state index is 11.9. The van der Waals surface area contributed by atoms with Crippen molar-refractivity contribution < 1.29 is 4.79 Å². The molecule has 0 aliphatic heterocycles. The lowest BCUT2D eigenvalue weighted by molar-refractivity contribution is 0.101. The monoisotopic (exact) mass is 277 g/mol. The van der Waals surface area contributed by atoms with Crippen LogP contribution in [0.1, 0.15) is 44.0 Å². The lowest BCUT2D eigenvalue weighted by Crippen LogP contribution is -2.40. The summed E-state index contributed by atoms with van der Waals surface area (Å²) in [6.07, 6.45) is 2.57. The molecule has 0 bridgehead atoms. The van der Waals surface area contributed by atoms with Crippen molar-refractivity contribution in [2.24, 2.45) is 12.5 Å². The van der Waals surface area contributed by atoms with Crippen molar-refractivity contribution >= 4 is 5.78 Å². The van der Waals surface area contributed by atoms with Crippen molar-refractivity contribution in [1.29, 1.82) is 5.26 Å². The van der Waals surface area contributed by atoms with Crippen molar-refractivity contribution in [3.8, 4) is 6.07 Å². The first-order valence-corrected chi connectivity index (χ1v) is 6.42. The molecule has 0 saturated carbocycles. The van der Waals surface area contributed by atoms with Gasteiger partial charge in [-0.3, -0.25) is 18.7 Å². The number of aromatic nitrogens is 2. The van der Waals surface area contributed by atoms with Crippen LogP contribution >= 0.6 is 0 Å². The lowest BCUT2D eigenvalue weighted by Gasteiger charge is -2.15. The van der Waals surface area contributed by atoms with Crippen LogP contribution in [0.2, 0.25) is 0 Å². The van der Waals surface area contributed by atoms with Crippen molar-refractivity contribution in [2.45, 2.75) is 40.2 Å². The van der Waals surface area contributed by atoms with Crippen molar-refractivity contribution in [2.75, 3.05) is 0 Å². The molecule has 0 atom stereocenters. The Hall–Kier alpha value is -2.16. The number of nitriles is 1. The molecule has 1 rings (SSSR count). The highest BCUT2D eigenvalue weighted by Crippen LogP contribution is 2.20. The SMILES string of the molecule is CC(=O)c1cn(CCCC(C)(C)C#N)c(=O)n(C)c1=O. The maximum Gasteiger partial charge on any atom is 0.330 e. The van der Waals surface area contributed by atoms with Crippen molar-refractivity contribution in [3.05, 3.63) is 32.6 Å². The third-order valence-corrected chi connectivity index (χ3v) is 3.24. The quantitative estimate of drug-likeness (QED) is 0.754. The van der Waals surface area contributed by atoms with Gasteiger partial charge in [-0.05, 0) is 33.6 Å². The standard InChI is InChI=1S/C14H19N3O3/c1-10(18)11-8-17(13(20)16(4)12(11)19)7-5-6-14(2,3)9-15/h8H,5-7H2,1-4H3. The minimum absolute atomic E-state index is 0.00615. The second-order valence-corrected chi connectivity index (χ2v) is 5.54. The number of hydrogen-bond donors (Lipinski definition) is 0. The number of carbonyl (C=O) groups is 1. The number of aryl methyl sites for hydroxylation is 1. The van der Waals surface area contributed by atoms with Crippen molar-refractivity contribution in [1.82, 2.24) is 9.13 Å². The summed E-state index contributed by atoms with van der Waals surface area (Å²) in [7, 11) is 1.35. The number of Topliss-reactive ketones (excluding diaryl/α,β-unsaturated/α-hetero) is 1. The summed E-state index contributed by atoms with van der Waals surface area (Å²) in [5, 5.41) is 8.93. The van der Waals surface area contributed by atoms with Crippen LogP contribution in [-0.4, -0.2) is 14.9 Å². The molecule has 20 heavy (non-hydrogen) atoms. The fourth-order valence-corrected chi connectivity index (χ4v) is 1.88. The van der Waals surface area contributed by atoms with Gasteiger partial charge in [0.25, 0.3) is 5.56 Å². The van der Waals surface area contributed by atoms with Gasteiger partial charge in [-0.15, -0.1) is 0 Å². The van der Waals surface area contributed by atoms with Crippen LogP contribution in [0.3, 0.4) is 0 Å². The molecule has 0 aromatic carbocycles. The topological polar surface area (TPSA) is 84.9 Å². The molecular weight excluding hydrogens is 258 g/mol. The van der Waals surface area contributed by atoms with Crippen LogP contribution in [0.5, 0.6) is 0 Å². The van der Waals surface area contributed by atoms with Crippen LogP contribution in [0.25, 0.3) is 0 Å². The molecule has 0 radical (unpaired) electrons. The Morgan fingerprint density at radius 1 is 1.40 bits per heavy atom. The molecule has 0 unspecified atom stereocenters. The largest absolute Gasteiger partial charge is 0.330 e. The first-order valence-electron chi connectivity index (χ1n) is 6.42. The maximum atomic E-state index is 11.9. The van der Waals surface area contributed by atoms with E-state index in [1.54, 1.807) is 0 Å². The average Bonchev–Trinajstić information content (AvgIpc) is 2.38. The number of carbonyl (C=O) groups excluding carboxylic acids is 1. The van der Waals surface area contributed by atoms with Gasteiger partial charge < -0.3 is 0 Å². The average molecular weight is 277 g/mol. The zero-order valence-corrected chi connectivity index (χ0v) is 12.3. The van der Waals surface area contributed by atoms with Gasteiger partial charge in [0.2, 0.25) is 0 Å². The summed E-state index contributed by atoms with van der Waals surface area (Å²) < 4.78 is 2.29. The molecule has 1 heterocycles. The van der Waals surface area contributed by atoms with Gasteiger partial charge in [0.05, 0.1) is 17.0 Å². The lowest BCUT2D eigenvalue weighted by atomic mass is 9.90. The molecule has 0 N–H and O–H groups in total. The number of nitrogens with zero attached hydrogens (tertiary/aromatic N) is 3. The summed E-state index contributed by atoms with van der Waals surface area (Å²) in [5.74, 6) is -0.364. The van der Waals surface area contributed by atoms with Crippen LogP contribution in [-0.2, 0) is 13.6 Å². The molecule has 0 saturated heterocycles. The van der Waals surface area contributed by atoms with E-state index in [4.69, 9.17) is 5.26 Å². The van der Waals surface area contributed by atoms with E-state index in [1.165, 1.54) is 24.7 Å². The Kier molecular flexibility index (Phi) is 4.66. The second-order valence-electron chi connectivity index (χ2n) is 5.54. The van der Waals surface area contributed by atoms with E-state index in [2.05, 4.69) is 6.07 Å². The second kappa shape index (κ2) is 5.87. The van der Waals surface area contributed by atoms with Gasteiger partial charge >= 0.3 is 5.69 Å². The van der Waals surface area contributed by atoms with Crippen LogP contribution in [0.15, 0.2) is 15.8 Å². The van der Waals surface area contributed by atoms with Gasteiger partial charge in [0.15, 0.2) is 5.78 Å². The normalized spacial score (nSPS) is 11.2. The summed E-state index contributed by atoms with van der Waals surface area (Å²) in [5.41, 5.74) is -1.47. The molecule has 0 aliphatic rings. The Labute approximate surface area is 117 Å². The zero-order valence-electron chi connectivity index (χ0n) is 12.3. The van der Waals surface area contributed by atoms with E-state index >= 15 is 0 Å². The van der Waals surface area contributed by atoms with Gasteiger partial charge in [0.1, 0.15) is 0 Å². The predicted molar refractivity (Wildman–Crippen MR) is 74.6 cm³/mol.